The van der Waals surface area contributed by atoms with Gasteiger partial charge in [-0.15, -0.1) is 0 Å². The molecule has 0 heterocycles. The first-order valence-electron chi connectivity index (χ1n) is 9.72. The number of nitrogens with one attached hydrogen (secondary N) is 2. The number of rotatable bonds is 8. The molecule has 3 aromatic rings. The molecule has 32 heavy (non-hydrogen) atoms. The van der Waals surface area contributed by atoms with E-state index in [1.54, 1.807) is 37.3 Å². The van der Waals surface area contributed by atoms with Gasteiger partial charge in [-0.1, -0.05) is 47.5 Å². The fourth-order valence-electron chi connectivity index (χ4n) is 2.84. The number of hydrogen-bond acceptors (Lipinski definition) is 4. The minimum absolute atomic E-state index is 0.0159. The van der Waals surface area contributed by atoms with Crippen LogP contribution in [0.25, 0.3) is 0 Å². The molecule has 0 aliphatic rings. The third kappa shape index (κ3) is 5.94. The van der Waals surface area contributed by atoms with E-state index >= 15 is 0 Å². The van der Waals surface area contributed by atoms with Crippen LogP contribution >= 0.6 is 23.2 Å². The molecule has 0 atom stereocenters. The van der Waals surface area contributed by atoms with Crippen LogP contribution in [0.15, 0.2) is 65.6 Å². The van der Waals surface area contributed by atoms with Crippen LogP contribution in [0.4, 0.5) is 5.69 Å². The Hall–Kier alpha value is -2.74. The van der Waals surface area contributed by atoms with Crippen LogP contribution in [0, 0.1) is 13.8 Å². The number of aryl methyl sites for hydroxylation is 2. The Labute approximate surface area is 197 Å². The lowest BCUT2D eigenvalue weighted by Crippen LogP contribution is -2.28. The van der Waals surface area contributed by atoms with Crippen LogP contribution in [0.5, 0.6) is 5.75 Å². The zero-order valence-electron chi connectivity index (χ0n) is 17.5. The molecular formula is C23H22Cl2N2O4S. The normalized spacial score (nSPS) is 11.1. The molecule has 168 valence electrons. The standard InChI is InChI=1S/C23H22Cl2N2O4S/c1-15-7-9-18(14-20(15)25)31-12-11-26-23(28)17-8-10-19(24)22(13-17)32(29,30)27-21-6-4-3-5-16(21)2/h3-10,13-14,27H,11-12H2,1-2H3,(H,26,28). The van der Waals surface area contributed by atoms with Crippen molar-refractivity contribution >= 4 is 44.8 Å². The largest absolute Gasteiger partial charge is 0.492 e. The van der Waals surface area contributed by atoms with Gasteiger partial charge in [-0.05, 0) is 61.4 Å². The second-order valence-electron chi connectivity index (χ2n) is 7.08. The Morgan fingerprint density at radius 2 is 1.69 bits per heavy atom. The molecule has 1 amide bonds. The van der Waals surface area contributed by atoms with Crippen molar-refractivity contribution in [3.05, 3.63) is 87.4 Å². The monoisotopic (exact) mass is 492 g/mol. The van der Waals surface area contributed by atoms with Gasteiger partial charge in [-0.25, -0.2) is 8.42 Å². The molecular weight excluding hydrogens is 471 g/mol. The summed E-state index contributed by atoms with van der Waals surface area (Å²) >= 11 is 12.2. The van der Waals surface area contributed by atoms with Crippen molar-refractivity contribution < 1.29 is 17.9 Å². The number of carbonyl (C=O) groups is 1. The van der Waals surface area contributed by atoms with E-state index in [2.05, 4.69) is 10.0 Å². The summed E-state index contributed by atoms with van der Waals surface area (Å²) in [5.41, 5.74) is 2.30. The maximum Gasteiger partial charge on any atom is 0.263 e. The molecule has 0 bridgehead atoms. The van der Waals surface area contributed by atoms with Crippen molar-refractivity contribution in [3.63, 3.8) is 0 Å². The molecule has 0 spiro atoms. The molecule has 0 unspecified atom stereocenters. The van der Waals surface area contributed by atoms with Gasteiger partial charge >= 0.3 is 0 Å². The fourth-order valence-corrected chi connectivity index (χ4v) is 4.66. The molecule has 0 aromatic heterocycles. The molecule has 3 aromatic carbocycles. The quantitative estimate of drug-likeness (QED) is 0.422. The number of anilines is 1. The van der Waals surface area contributed by atoms with E-state index in [0.29, 0.717) is 16.5 Å². The van der Waals surface area contributed by atoms with E-state index < -0.39 is 15.9 Å². The predicted molar refractivity (Wildman–Crippen MR) is 127 cm³/mol. The molecule has 0 radical (unpaired) electrons. The van der Waals surface area contributed by atoms with Crippen LogP contribution in [0.1, 0.15) is 21.5 Å². The maximum absolute atomic E-state index is 12.9. The second kappa shape index (κ2) is 10.3. The van der Waals surface area contributed by atoms with E-state index in [-0.39, 0.29) is 28.6 Å². The number of ether oxygens (including phenoxy) is 1. The lowest BCUT2D eigenvalue weighted by molar-refractivity contribution is 0.0947. The van der Waals surface area contributed by atoms with Gasteiger partial charge in [0, 0.05) is 10.6 Å². The van der Waals surface area contributed by atoms with Crippen LogP contribution < -0.4 is 14.8 Å². The second-order valence-corrected chi connectivity index (χ2v) is 9.55. The van der Waals surface area contributed by atoms with Crippen molar-refractivity contribution in [1.29, 1.82) is 0 Å². The van der Waals surface area contributed by atoms with Crippen molar-refractivity contribution in [1.82, 2.24) is 5.32 Å². The summed E-state index contributed by atoms with van der Waals surface area (Å²) in [4.78, 5) is 12.3. The van der Waals surface area contributed by atoms with Crippen LogP contribution in [-0.2, 0) is 10.0 Å². The van der Waals surface area contributed by atoms with E-state index in [1.165, 1.54) is 18.2 Å². The Bertz CT molecular complexity index is 1250. The van der Waals surface area contributed by atoms with Gasteiger partial charge in [0.1, 0.15) is 17.3 Å². The van der Waals surface area contributed by atoms with E-state index in [9.17, 15) is 13.2 Å². The highest BCUT2D eigenvalue weighted by Gasteiger charge is 2.21. The fraction of sp³-hybridized carbons (Fsp3) is 0.174. The van der Waals surface area contributed by atoms with Crippen molar-refractivity contribution in [2.75, 3.05) is 17.9 Å². The zero-order chi connectivity index (χ0) is 23.3. The van der Waals surface area contributed by atoms with Crippen LogP contribution in [0.3, 0.4) is 0 Å². The summed E-state index contributed by atoms with van der Waals surface area (Å²) in [6.07, 6.45) is 0. The highest BCUT2D eigenvalue weighted by molar-refractivity contribution is 7.92. The molecule has 2 N–H and O–H groups in total. The lowest BCUT2D eigenvalue weighted by Gasteiger charge is -2.13. The zero-order valence-corrected chi connectivity index (χ0v) is 19.8. The Balaban J connectivity index is 1.65. The average molecular weight is 493 g/mol. The minimum Gasteiger partial charge on any atom is -0.492 e. The molecule has 0 aliphatic carbocycles. The predicted octanol–water partition coefficient (Wildman–Crippen LogP) is 5.22. The number of hydrogen-bond donors (Lipinski definition) is 2. The Morgan fingerprint density at radius 1 is 0.938 bits per heavy atom. The van der Waals surface area contributed by atoms with Crippen molar-refractivity contribution in [2.45, 2.75) is 18.7 Å². The van der Waals surface area contributed by atoms with E-state index in [1.807, 2.05) is 19.1 Å². The summed E-state index contributed by atoms with van der Waals surface area (Å²) in [7, 11) is -3.99. The summed E-state index contributed by atoms with van der Waals surface area (Å²) < 4.78 is 33.8. The minimum atomic E-state index is -3.99. The SMILES string of the molecule is Cc1ccc(OCCNC(=O)c2ccc(Cl)c(S(=O)(=O)Nc3ccccc3C)c2)cc1Cl. The number of sulfonamides is 1. The first-order valence-corrected chi connectivity index (χ1v) is 12.0. The maximum atomic E-state index is 12.9. The van der Waals surface area contributed by atoms with Gasteiger partial charge in [0.05, 0.1) is 17.3 Å². The Kier molecular flexibility index (Phi) is 7.66. The summed E-state index contributed by atoms with van der Waals surface area (Å²) in [6.45, 7) is 4.12. The highest BCUT2D eigenvalue weighted by Crippen LogP contribution is 2.26. The lowest BCUT2D eigenvalue weighted by atomic mass is 10.2. The topological polar surface area (TPSA) is 84.5 Å². The molecule has 0 saturated carbocycles. The highest BCUT2D eigenvalue weighted by atomic mass is 35.5. The van der Waals surface area contributed by atoms with Gasteiger partial charge in [0.25, 0.3) is 15.9 Å². The molecule has 9 heteroatoms. The summed E-state index contributed by atoms with van der Waals surface area (Å²) in [5, 5.41) is 3.31. The van der Waals surface area contributed by atoms with E-state index in [0.717, 1.165) is 11.1 Å². The smallest absolute Gasteiger partial charge is 0.263 e. The molecule has 6 nitrogen and oxygen atoms in total. The molecule has 0 fully saturated rings. The van der Waals surface area contributed by atoms with Gasteiger partial charge in [-0.2, -0.15) is 0 Å². The first kappa shape index (κ1) is 23.9. The van der Waals surface area contributed by atoms with Crippen LogP contribution in [-0.4, -0.2) is 27.5 Å². The number of benzene rings is 3. The van der Waals surface area contributed by atoms with Gasteiger partial charge in [0.15, 0.2) is 0 Å². The average Bonchev–Trinajstić information content (AvgIpc) is 2.75. The number of halogens is 2. The van der Waals surface area contributed by atoms with Crippen molar-refractivity contribution in [3.8, 4) is 5.75 Å². The van der Waals surface area contributed by atoms with Gasteiger partial charge < -0.3 is 10.1 Å². The number of carbonyl (C=O) groups excluding carboxylic acids is 1. The third-order valence-corrected chi connectivity index (χ3v) is 6.93. The summed E-state index contributed by atoms with van der Waals surface area (Å²) in [6, 6.07) is 16.4. The summed E-state index contributed by atoms with van der Waals surface area (Å²) in [5.74, 6) is 0.150. The third-order valence-electron chi connectivity index (χ3n) is 4.67. The Morgan fingerprint density at radius 3 is 2.41 bits per heavy atom. The van der Waals surface area contributed by atoms with E-state index in [4.69, 9.17) is 27.9 Å². The number of amides is 1. The number of para-hydroxylation sites is 1. The molecule has 0 saturated heterocycles. The van der Waals surface area contributed by atoms with Gasteiger partial charge in [0.2, 0.25) is 0 Å². The molecule has 3 rings (SSSR count). The van der Waals surface area contributed by atoms with Gasteiger partial charge in [-0.3, -0.25) is 9.52 Å². The molecule has 0 aliphatic heterocycles. The van der Waals surface area contributed by atoms with Crippen molar-refractivity contribution in [2.24, 2.45) is 0 Å². The first-order chi connectivity index (χ1) is 15.2. The van der Waals surface area contributed by atoms with Crippen LogP contribution in [0.2, 0.25) is 10.0 Å².